The molecule has 2 unspecified atom stereocenters. The van der Waals surface area contributed by atoms with Crippen molar-refractivity contribution in [2.75, 3.05) is 0 Å². The summed E-state index contributed by atoms with van der Waals surface area (Å²) in [4.78, 5) is 11.7. The molecule has 0 aromatic heterocycles. The first-order valence-corrected chi connectivity index (χ1v) is 9.60. The smallest absolute Gasteiger partial charge is 0.454 e. The van der Waals surface area contributed by atoms with Crippen molar-refractivity contribution < 1.29 is 31.3 Å². The van der Waals surface area contributed by atoms with Crippen LogP contribution in [-0.4, -0.2) is 29.8 Å². The third-order valence-corrected chi connectivity index (χ3v) is 6.72. The highest BCUT2D eigenvalue weighted by Gasteiger charge is 2.61. The zero-order valence-corrected chi connectivity index (χ0v) is 13.8. The average molecular weight is 352 g/mol. The lowest BCUT2D eigenvalue weighted by atomic mass is 9.49. The van der Waals surface area contributed by atoms with E-state index in [1.165, 1.54) is 0 Å². The molecule has 4 fully saturated rings. The maximum absolute atomic E-state index is 13.5. The van der Waals surface area contributed by atoms with Gasteiger partial charge in [0, 0.05) is 0 Å². The monoisotopic (exact) mass is 352 g/mol. The van der Waals surface area contributed by atoms with Crippen LogP contribution in [0.3, 0.4) is 0 Å². The Morgan fingerprint density at radius 1 is 1.26 bits per heavy atom. The number of carbonyl (C=O) groups excluding carboxylic acids is 1. The predicted octanol–water partition coefficient (Wildman–Crippen LogP) is 3.01. The molecule has 1 N–H and O–H groups in total. The van der Waals surface area contributed by atoms with E-state index >= 15 is 0 Å². The molecule has 4 bridgehead atoms. The van der Waals surface area contributed by atoms with Gasteiger partial charge in [-0.15, -0.1) is 0 Å². The van der Waals surface area contributed by atoms with Crippen LogP contribution in [0.5, 0.6) is 0 Å². The van der Waals surface area contributed by atoms with Gasteiger partial charge >= 0.3 is 21.3 Å². The first kappa shape index (κ1) is 17.1. The first-order chi connectivity index (χ1) is 10.6. The molecule has 0 heterocycles. The molecular weight excluding hydrogens is 330 g/mol. The summed E-state index contributed by atoms with van der Waals surface area (Å²) in [7, 11) is -5.81. The average Bonchev–Trinajstić information content (AvgIpc) is 2.40. The van der Waals surface area contributed by atoms with Crippen molar-refractivity contribution in [2.45, 2.75) is 62.7 Å². The summed E-state index contributed by atoms with van der Waals surface area (Å²) in [5, 5.41) is -4.90. The zero-order chi connectivity index (χ0) is 17.0. The van der Waals surface area contributed by atoms with Crippen LogP contribution in [0.1, 0.15) is 51.9 Å². The predicted molar refractivity (Wildman–Crippen MR) is 77.3 cm³/mol. The summed E-state index contributed by atoms with van der Waals surface area (Å²) >= 11 is 0. The van der Waals surface area contributed by atoms with Crippen LogP contribution in [0.2, 0.25) is 0 Å². The second-order valence-electron chi connectivity index (χ2n) is 7.49. The molecule has 0 saturated heterocycles. The van der Waals surface area contributed by atoms with Gasteiger partial charge in [0.25, 0.3) is 0 Å². The van der Waals surface area contributed by atoms with Gasteiger partial charge in [-0.2, -0.15) is 17.2 Å². The Kier molecular flexibility index (Phi) is 3.99. The Bertz CT molecular complexity index is 587. The van der Waals surface area contributed by atoms with E-state index < -0.39 is 26.9 Å². The Hall–Kier alpha value is -0.760. The van der Waals surface area contributed by atoms with Crippen LogP contribution in [0.4, 0.5) is 8.78 Å². The molecule has 8 heteroatoms. The van der Waals surface area contributed by atoms with E-state index in [4.69, 9.17) is 9.29 Å². The van der Waals surface area contributed by atoms with Gasteiger partial charge in [0.1, 0.15) is 5.60 Å². The molecule has 0 aliphatic heterocycles. The molecule has 23 heavy (non-hydrogen) atoms. The highest BCUT2D eigenvalue weighted by molar-refractivity contribution is 7.87. The number of ether oxygens (including phenoxy) is 1. The largest absolute Gasteiger partial charge is 0.465 e. The second-order valence-corrected chi connectivity index (χ2v) is 8.95. The number of halogens is 2. The van der Waals surface area contributed by atoms with Crippen molar-refractivity contribution in [3.63, 3.8) is 0 Å². The highest BCUT2D eigenvalue weighted by atomic mass is 32.2. The van der Waals surface area contributed by atoms with Crippen molar-refractivity contribution in [2.24, 2.45) is 23.7 Å². The van der Waals surface area contributed by atoms with Gasteiger partial charge < -0.3 is 4.74 Å². The van der Waals surface area contributed by atoms with Crippen LogP contribution < -0.4 is 0 Å². The van der Waals surface area contributed by atoms with Gasteiger partial charge in [-0.25, -0.2) is 4.79 Å². The molecule has 4 aliphatic rings. The van der Waals surface area contributed by atoms with Crippen molar-refractivity contribution >= 4 is 16.1 Å². The molecule has 2 atom stereocenters. The minimum absolute atomic E-state index is 0.354. The van der Waals surface area contributed by atoms with Gasteiger partial charge in [0.05, 0.1) is 0 Å². The van der Waals surface area contributed by atoms with Crippen LogP contribution in [0.25, 0.3) is 0 Å². The molecule has 0 radical (unpaired) electrons. The quantitative estimate of drug-likeness (QED) is 0.608. The van der Waals surface area contributed by atoms with Crippen molar-refractivity contribution in [1.29, 1.82) is 0 Å². The van der Waals surface area contributed by atoms with E-state index in [0.29, 0.717) is 42.9 Å². The molecule has 0 amide bonds. The van der Waals surface area contributed by atoms with Gasteiger partial charge in [-0.3, -0.25) is 4.55 Å². The highest BCUT2D eigenvalue weighted by Crippen LogP contribution is 2.60. The number of carbonyl (C=O) groups is 1. The third-order valence-electron chi connectivity index (χ3n) is 5.91. The summed E-state index contributed by atoms with van der Waals surface area (Å²) in [6.07, 6.45) is 5.80. The van der Waals surface area contributed by atoms with E-state index in [1.54, 1.807) is 0 Å². The lowest BCUT2D eigenvalue weighted by Gasteiger charge is -2.59. The van der Waals surface area contributed by atoms with Crippen molar-refractivity contribution in [3.05, 3.63) is 0 Å². The fraction of sp³-hybridized carbons (Fsp3) is 0.933. The van der Waals surface area contributed by atoms with Gasteiger partial charge in [-0.05, 0) is 55.8 Å². The standard InChI is InChI=1S/C15H22F2O5S/c1-2-3-12-10-4-9-5-11(12)8-14(6-9,7-10)22-13(18)15(16,17)23(19,20)21/h9-12H,2-8H2,1H3,(H,19,20,21). The number of rotatable bonds is 5. The maximum Gasteiger partial charge on any atom is 0.465 e. The van der Waals surface area contributed by atoms with Crippen LogP contribution in [0, 0.1) is 23.7 Å². The Balaban J connectivity index is 1.78. The lowest BCUT2D eigenvalue weighted by Crippen LogP contribution is -2.58. The molecule has 4 rings (SSSR count). The maximum atomic E-state index is 13.5. The molecular formula is C15H22F2O5S. The van der Waals surface area contributed by atoms with E-state index in [-0.39, 0.29) is 0 Å². The van der Waals surface area contributed by atoms with Gasteiger partial charge in [0.15, 0.2) is 0 Å². The lowest BCUT2D eigenvalue weighted by molar-refractivity contribution is -0.209. The normalized spacial score (nSPS) is 39.5. The zero-order valence-electron chi connectivity index (χ0n) is 13.0. The van der Waals surface area contributed by atoms with E-state index in [0.717, 1.165) is 25.7 Å². The Morgan fingerprint density at radius 2 is 1.83 bits per heavy atom. The summed E-state index contributed by atoms with van der Waals surface area (Å²) < 4.78 is 62.0. The molecule has 0 spiro atoms. The van der Waals surface area contributed by atoms with E-state index in [1.807, 2.05) is 0 Å². The topological polar surface area (TPSA) is 80.7 Å². The van der Waals surface area contributed by atoms with Gasteiger partial charge in [-0.1, -0.05) is 19.8 Å². The summed E-state index contributed by atoms with van der Waals surface area (Å²) in [5.74, 6) is -0.533. The summed E-state index contributed by atoms with van der Waals surface area (Å²) in [6, 6.07) is 0. The van der Waals surface area contributed by atoms with Crippen LogP contribution >= 0.6 is 0 Å². The second kappa shape index (κ2) is 5.37. The fourth-order valence-electron chi connectivity index (χ4n) is 5.35. The molecule has 4 saturated carbocycles. The number of alkyl halides is 2. The number of hydrogen-bond donors (Lipinski definition) is 1. The molecule has 4 aliphatic carbocycles. The summed E-state index contributed by atoms with van der Waals surface area (Å²) in [6.45, 7) is 2.12. The van der Waals surface area contributed by atoms with Crippen LogP contribution in [-0.2, 0) is 19.6 Å². The van der Waals surface area contributed by atoms with Crippen molar-refractivity contribution in [1.82, 2.24) is 0 Å². The number of hydrogen-bond acceptors (Lipinski definition) is 4. The summed E-state index contributed by atoms with van der Waals surface area (Å²) in [5.41, 5.74) is -0.980. The minimum Gasteiger partial charge on any atom is -0.454 e. The molecule has 132 valence electrons. The Morgan fingerprint density at radius 3 is 2.30 bits per heavy atom. The minimum atomic E-state index is -5.81. The van der Waals surface area contributed by atoms with Gasteiger partial charge in [0.2, 0.25) is 0 Å². The fourth-order valence-corrected chi connectivity index (χ4v) is 5.60. The SMILES string of the molecule is CCCC1C2CC3CC1CC(OC(=O)C(F)(F)S(=O)(=O)O)(C3)C2. The van der Waals surface area contributed by atoms with Crippen LogP contribution in [0.15, 0.2) is 0 Å². The van der Waals surface area contributed by atoms with E-state index in [2.05, 4.69) is 6.92 Å². The van der Waals surface area contributed by atoms with E-state index in [9.17, 15) is 22.0 Å². The molecule has 0 aromatic carbocycles. The molecule has 0 aromatic rings. The third kappa shape index (κ3) is 2.77. The first-order valence-electron chi connectivity index (χ1n) is 8.16. The van der Waals surface area contributed by atoms with Crippen molar-refractivity contribution in [3.8, 4) is 0 Å². The Labute approximate surface area is 134 Å². The number of esters is 1. The molecule has 5 nitrogen and oxygen atoms in total.